The number of pyridine rings is 1. The molecular formula is C35H44N4O. The maximum Gasteiger partial charge on any atom is 0.131 e. The van der Waals surface area contributed by atoms with E-state index in [4.69, 9.17) is 10.5 Å². The zero-order chi connectivity index (χ0) is 28.7. The molecule has 1 saturated carbocycles. The molecule has 0 spiro atoms. The first-order valence-corrected chi connectivity index (χ1v) is 14.2. The monoisotopic (exact) mass is 536 g/mol. The number of aliphatic imine (C=N–C) groups is 1. The molecule has 1 aliphatic carbocycles. The fraction of sp³-hybridized carbons (Fsp3) is 0.314. The summed E-state index contributed by atoms with van der Waals surface area (Å²) >= 11 is 0. The highest BCUT2D eigenvalue weighted by Gasteiger charge is 2.17. The first-order chi connectivity index (χ1) is 19.4. The van der Waals surface area contributed by atoms with Crippen LogP contribution in [0.1, 0.15) is 64.5 Å². The normalized spacial score (nSPS) is 17.9. The van der Waals surface area contributed by atoms with Gasteiger partial charge in [0.05, 0.1) is 0 Å². The van der Waals surface area contributed by atoms with Crippen molar-refractivity contribution in [3.8, 4) is 11.5 Å². The second-order valence-electron chi connectivity index (χ2n) is 10.3. The Balaban J connectivity index is 0.000000249. The summed E-state index contributed by atoms with van der Waals surface area (Å²) in [6, 6.07) is 22.5. The van der Waals surface area contributed by atoms with Crippen LogP contribution in [0, 0.1) is 5.92 Å². The van der Waals surface area contributed by atoms with E-state index in [0.29, 0.717) is 5.82 Å². The van der Waals surface area contributed by atoms with Crippen LogP contribution in [0.5, 0.6) is 11.5 Å². The van der Waals surface area contributed by atoms with Crippen LogP contribution in [0.25, 0.3) is 5.57 Å². The van der Waals surface area contributed by atoms with Gasteiger partial charge in [-0.1, -0.05) is 56.0 Å². The Bertz CT molecular complexity index is 1270. The molecule has 5 heteroatoms. The quantitative estimate of drug-likeness (QED) is 0.212. The lowest BCUT2D eigenvalue weighted by molar-refractivity contribution is 0.306. The third-order valence-corrected chi connectivity index (χ3v) is 6.99. The summed E-state index contributed by atoms with van der Waals surface area (Å²) in [5.41, 5.74) is 11.2. The van der Waals surface area contributed by atoms with Crippen LogP contribution in [0.3, 0.4) is 0 Å². The lowest BCUT2D eigenvalue weighted by Crippen LogP contribution is -2.32. The molecule has 1 heterocycles. The van der Waals surface area contributed by atoms with Gasteiger partial charge in [0.1, 0.15) is 17.3 Å². The van der Waals surface area contributed by atoms with Crippen molar-refractivity contribution >= 4 is 11.8 Å². The summed E-state index contributed by atoms with van der Waals surface area (Å²) in [6.45, 7) is 13.1. The second-order valence-corrected chi connectivity index (χ2v) is 10.3. The number of nitrogens with zero attached hydrogens (tertiary/aromatic N) is 2. The first kappa shape index (κ1) is 30.6. The van der Waals surface area contributed by atoms with Gasteiger partial charge in [0.2, 0.25) is 0 Å². The van der Waals surface area contributed by atoms with Crippen LogP contribution in [0.4, 0.5) is 0 Å². The molecule has 2 aromatic carbocycles. The lowest BCUT2D eigenvalue weighted by atomic mass is 9.87. The van der Waals surface area contributed by atoms with Crippen molar-refractivity contribution in [3.05, 3.63) is 120 Å². The van der Waals surface area contributed by atoms with Gasteiger partial charge in [-0.05, 0) is 105 Å². The Morgan fingerprint density at radius 1 is 1.00 bits per heavy atom. The molecule has 0 bridgehead atoms. The van der Waals surface area contributed by atoms with Crippen molar-refractivity contribution in [2.24, 2.45) is 16.6 Å². The molecule has 3 N–H and O–H groups in total. The van der Waals surface area contributed by atoms with Crippen LogP contribution in [0.2, 0.25) is 0 Å². The number of hydrogen-bond donors (Lipinski definition) is 2. The van der Waals surface area contributed by atoms with Crippen molar-refractivity contribution < 1.29 is 4.74 Å². The molecule has 1 aliphatic rings. The van der Waals surface area contributed by atoms with E-state index < -0.39 is 0 Å². The summed E-state index contributed by atoms with van der Waals surface area (Å²) in [5.74, 6) is 2.99. The topological polar surface area (TPSA) is 72.5 Å². The Morgan fingerprint density at radius 2 is 1.68 bits per heavy atom. The molecule has 5 nitrogen and oxygen atoms in total. The number of nitrogens with two attached hydrogens (primary N) is 1. The fourth-order valence-corrected chi connectivity index (χ4v) is 4.80. The Hall–Kier alpha value is -3.96. The number of allylic oxidation sites excluding steroid dienone is 4. The highest BCUT2D eigenvalue weighted by Crippen LogP contribution is 2.31. The summed E-state index contributed by atoms with van der Waals surface area (Å²) in [6.07, 6.45) is 12.9. The SMILES string of the molecule is C=C(C)C(/C(=C\C)c1ccc(Oc2ccccc2)cc1)=C(N)\N=C/C.CC1CCC(NCc2cccnc2)CC1. The number of rotatable bonds is 9. The number of para-hydroxylation sites is 1. The third-order valence-electron chi connectivity index (χ3n) is 6.99. The summed E-state index contributed by atoms with van der Waals surface area (Å²) in [5, 5.41) is 3.62. The first-order valence-electron chi connectivity index (χ1n) is 14.2. The Kier molecular flexibility index (Phi) is 12.4. The van der Waals surface area contributed by atoms with Gasteiger partial charge in [0, 0.05) is 36.8 Å². The average molecular weight is 537 g/mol. The largest absolute Gasteiger partial charge is 0.457 e. The number of aromatic nitrogens is 1. The lowest BCUT2D eigenvalue weighted by Gasteiger charge is -2.27. The number of hydrogen-bond acceptors (Lipinski definition) is 5. The molecule has 0 unspecified atom stereocenters. The van der Waals surface area contributed by atoms with E-state index in [9.17, 15) is 0 Å². The summed E-state index contributed by atoms with van der Waals surface area (Å²) in [7, 11) is 0. The second kappa shape index (κ2) is 16.2. The Labute approximate surface area is 240 Å². The van der Waals surface area contributed by atoms with Gasteiger partial charge in [-0.2, -0.15) is 0 Å². The van der Waals surface area contributed by atoms with Crippen molar-refractivity contribution in [1.82, 2.24) is 10.3 Å². The van der Waals surface area contributed by atoms with Crippen molar-refractivity contribution in [1.29, 1.82) is 0 Å². The molecule has 40 heavy (non-hydrogen) atoms. The van der Waals surface area contributed by atoms with Crippen LogP contribution in [-0.2, 0) is 6.54 Å². The van der Waals surface area contributed by atoms with Crippen LogP contribution in [0.15, 0.2) is 114 Å². The minimum Gasteiger partial charge on any atom is -0.457 e. The predicted molar refractivity (Wildman–Crippen MR) is 169 cm³/mol. The van der Waals surface area contributed by atoms with E-state index in [1.54, 1.807) is 6.21 Å². The molecule has 0 radical (unpaired) electrons. The fourth-order valence-electron chi connectivity index (χ4n) is 4.80. The maximum atomic E-state index is 6.13. The van der Waals surface area contributed by atoms with E-state index in [-0.39, 0.29) is 0 Å². The van der Waals surface area contributed by atoms with E-state index in [1.165, 1.54) is 31.2 Å². The van der Waals surface area contributed by atoms with Gasteiger partial charge >= 0.3 is 0 Å². The molecule has 0 amide bonds. The summed E-state index contributed by atoms with van der Waals surface area (Å²) in [4.78, 5) is 8.34. The molecule has 0 atom stereocenters. The molecule has 1 fully saturated rings. The van der Waals surface area contributed by atoms with E-state index in [0.717, 1.165) is 52.3 Å². The van der Waals surface area contributed by atoms with Gasteiger partial charge in [0.15, 0.2) is 0 Å². The number of benzene rings is 2. The maximum absolute atomic E-state index is 6.13. The highest BCUT2D eigenvalue weighted by molar-refractivity contribution is 5.84. The molecule has 0 aliphatic heterocycles. The van der Waals surface area contributed by atoms with Gasteiger partial charge in [-0.3, -0.25) is 4.98 Å². The van der Waals surface area contributed by atoms with Gasteiger partial charge < -0.3 is 15.8 Å². The predicted octanol–water partition coefficient (Wildman–Crippen LogP) is 8.47. The van der Waals surface area contributed by atoms with Gasteiger partial charge in [-0.25, -0.2) is 4.99 Å². The minimum absolute atomic E-state index is 0.465. The molecule has 0 saturated heterocycles. The van der Waals surface area contributed by atoms with Crippen LogP contribution < -0.4 is 15.8 Å². The van der Waals surface area contributed by atoms with Crippen LogP contribution in [-0.4, -0.2) is 17.2 Å². The third kappa shape index (κ3) is 9.65. The number of ether oxygens (including phenoxy) is 1. The van der Waals surface area contributed by atoms with E-state index in [2.05, 4.69) is 34.9 Å². The van der Waals surface area contributed by atoms with E-state index in [1.807, 2.05) is 99.9 Å². The van der Waals surface area contributed by atoms with Crippen molar-refractivity contribution in [2.45, 2.75) is 66.0 Å². The molecule has 210 valence electrons. The Morgan fingerprint density at radius 3 is 2.25 bits per heavy atom. The zero-order valence-electron chi connectivity index (χ0n) is 24.4. The number of nitrogens with one attached hydrogen (secondary N) is 1. The smallest absolute Gasteiger partial charge is 0.131 e. The highest BCUT2D eigenvalue weighted by atomic mass is 16.5. The average Bonchev–Trinajstić information content (AvgIpc) is 2.97. The zero-order valence-corrected chi connectivity index (χ0v) is 24.4. The minimum atomic E-state index is 0.465. The standard InChI is InChI=1S/C22H24N2O.C13H20N2/c1-5-20(21(16(3)4)22(23)24-6-2)17-12-14-19(15-13-17)25-18-10-8-7-9-11-18;1-11-4-6-13(7-5-11)15-10-12-3-2-8-14-9-12/h5-15H,3,23H2,1-2,4H3;2-3,8-9,11,13,15H,4-7,10H2,1H3/b20-5-,22-21+,24-6-;. The molecule has 4 rings (SSSR count). The summed E-state index contributed by atoms with van der Waals surface area (Å²) < 4.78 is 5.84. The van der Waals surface area contributed by atoms with Crippen molar-refractivity contribution in [3.63, 3.8) is 0 Å². The van der Waals surface area contributed by atoms with Crippen LogP contribution >= 0.6 is 0 Å². The van der Waals surface area contributed by atoms with Crippen molar-refractivity contribution in [2.75, 3.05) is 0 Å². The van der Waals surface area contributed by atoms with Gasteiger partial charge in [0.25, 0.3) is 0 Å². The molecular weight excluding hydrogens is 492 g/mol. The van der Waals surface area contributed by atoms with Gasteiger partial charge in [-0.15, -0.1) is 0 Å². The molecule has 1 aromatic heterocycles. The molecule has 3 aromatic rings. The van der Waals surface area contributed by atoms with E-state index >= 15 is 0 Å².